The lowest BCUT2D eigenvalue weighted by molar-refractivity contribution is 0.0718. The predicted molar refractivity (Wildman–Crippen MR) is 72.7 cm³/mol. The lowest BCUT2D eigenvalue weighted by Crippen LogP contribution is -2.48. The van der Waals surface area contributed by atoms with E-state index in [1.54, 1.807) is 7.05 Å². The Morgan fingerprint density at radius 3 is 2.84 bits per heavy atom. The van der Waals surface area contributed by atoms with Gasteiger partial charge in [0.15, 0.2) is 0 Å². The molecule has 1 fully saturated rings. The first-order valence-corrected chi connectivity index (χ1v) is 6.22. The molecule has 1 aromatic rings. The molecule has 0 saturated carbocycles. The molecule has 8 heteroatoms. The number of rotatable bonds is 4. The Labute approximate surface area is 112 Å². The summed E-state index contributed by atoms with van der Waals surface area (Å²) in [5, 5.41) is 12.3. The lowest BCUT2D eigenvalue weighted by atomic mass is 10.2. The number of morpholine rings is 1. The van der Waals surface area contributed by atoms with Gasteiger partial charge in [-0.15, -0.1) is 0 Å². The van der Waals surface area contributed by atoms with Crippen LogP contribution in [0.3, 0.4) is 0 Å². The number of aliphatic hydroxyl groups excluding tert-OH is 1. The molecular weight excluding hydrogens is 248 g/mol. The van der Waals surface area contributed by atoms with Crippen LogP contribution >= 0.6 is 0 Å². The van der Waals surface area contributed by atoms with Gasteiger partial charge >= 0.3 is 0 Å². The Kier molecular flexibility index (Phi) is 4.33. The molecule has 1 aromatic heterocycles. The van der Waals surface area contributed by atoms with Crippen molar-refractivity contribution in [3.8, 4) is 0 Å². The van der Waals surface area contributed by atoms with Crippen LogP contribution in [-0.2, 0) is 4.74 Å². The van der Waals surface area contributed by atoms with Gasteiger partial charge in [0, 0.05) is 27.7 Å². The van der Waals surface area contributed by atoms with Crippen LogP contribution in [0.15, 0.2) is 0 Å². The minimum Gasteiger partial charge on any atom is -0.394 e. The van der Waals surface area contributed by atoms with Crippen LogP contribution in [0.1, 0.15) is 0 Å². The summed E-state index contributed by atoms with van der Waals surface area (Å²) in [6.07, 6.45) is 0. The van der Waals surface area contributed by atoms with Crippen molar-refractivity contribution < 1.29 is 9.84 Å². The van der Waals surface area contributed by atoms with Gasteiger partial charge in [-0.1, -0.05) is 0 Å². The molecule has 2 N–H and O–H groups in total. The van der Waals surface area contributed by atoms with Crippen molar-refractivity contribution in [2.45, 2.75) is 6.04 Å². The van der Waals surface area contributed by atoms with E-state index >= 15 is 0 Å². The molecule has 8 nitrogen and oxygen atoms in total. The third kappa shape index (κ3) is 3.02. The van der Waals surface area contributed by atoms with Crippen LogP contribution < -0.4 is 15.1 Å². The highest BCUT2D eigenvalue weighted by Gasteiger charge is 2.25. The van der Waals surface area contributed by atoms with Crippen molar-refractivity contribution in [2.75, 3.05) is 62.6 Å². The van der Waals surface area contributed by atoms with E-state index in [4.69, 9.17) is 4.74 Å². The van der Waals surface area contributed by atoms with Crippen LogP contribution in [0.25, 0.3) is 0 Å². The molecule has 2 heterocycles. The van der Waals surface area contributed by atoms with Crippen LogP contribution in [0.5, 0.6) is 0 Å². The molecule has 1 aliphatic rings. The average molecular weight is 268 g/mol. The number of aromatic nitrogens is 3. The Balaban J connectivity index is 2.33. The summed E-state index contributed by atoms with van der Waals surface area (Å²) in [7, 11) is 5.52. The summed E-state index contributed by atoms with van der Waals surface area (Å²) in [6, 6.07) is -0.115. The van der Waals surface area contributed by atoms with Crippen molar-refractivity contribution >= 4 is 17.8 Å². The van der Waals surface area contributed by atoms with E-state index in [0.717, 1.165) is 0 Å². The molecule has 0 amide bonds. The van der Waals surface area contributed by atoms with Gasteiger partial charge < -0.3 is 25.0 Å². The molecule has 0 aromatic carbocycles. The number of ether oxygens (including phenoxy) is 1. The zero-order valence-corrected chi connectivity index (χ0v) is 11.5. The summed E-state index contributed by atoms with van der Waals surface area (Å²) in [6.45, 7) is 1.76. The first-order valence-electron chi connectivity index (χ1n) is 6.22. The molecule has 2 rings (SSSR count). The Bertz CT molecular complexity index is 428. The minimum absolute atomic E-state index is 0.0118. The van der Waals surface area contributed by atoms with E-state index in [9.17, 15) is 5.11 Å². The third-order valence-corrected chi connectivity index (χ3v) is 2.93. The molecule has 1 saturated heterocycles. The van der Waals surface area contributed by atoms with Crippen LogP contribution in [0.2, 0.25) is 0 Å². The summed E-state index contributed by atoms with van der Waals surface area (Å²) in [4.78, 5) is 16.8. The first kappa shape index (κ1) is 13.8. The van der Waals surface area contributed by atoms with E-state index < -0.39 is 0 Å². The fourth-order valence-corrected chi connectivity index (χ4v) is 1.86. The number of aliphatic hydroxyl groups is 1. The van der Waals surface area contributed by atoms with Crippen molar-refractivity contribution in [2.24, 2.45) is 0 Å². The molecule has 1 unspecified atom stereocenters. The Morgan fingerprint density at radius 2 is 2.21 bits per heavy atom. The SMILES string of the molecule is CNc1nc(N(C)C)nc(N2CCOCC2CO)n1. The maximum absolute atomic E-state index is 9.41. The van der Waals surface area contributed by atoms with Gasteiger partial charge in [-0.2, -0.15) is 15.0 Å². The molecule has 106 valence electrons. The number of nitrogens with zero attached hydrogens (tertiary/aromatic N) is 5. The molecular formula is C11H20N6O2. The number of hydrogen-bond donors (Lipinski definition) is 2. The highest BCUT2D eigenvalue weighted by molar-refractivity contribution is 5.45. The van der Waals surface area contributed by atoms with E-state index in [1.165, 1.54) is 0 Å². The van der Waals surface area contributed by atoms with Gasteiger partial charge in [-0.05, 0) is 0 Å². The number of hydrogen-bond acceptors (Lipinski definition) is 8. The maximum atomic E-state index is 9.41. The van der Waals surface area contributed by atoms with E-state index in [0.29, 0.717) is 37.6 Å². The van der Waals surface area contributed by atoms with Gasteiger partial charge in [0.1, 0.15) is 0 Å². The summed E-state index contributed by atoms with van der Waals surface area (Å²) < 4.78 is 5.36. The summed E-state index contributed by atoms with van der Waals surface area (Å²) >= 11 is 0. The third-order valence-electron chi connectivity index (χ3n) is 2.93. The molecule has 1 aliphatic heterocycles. The first-order chi connectivity index (χ1) is 9.15. The largest absolute Gasteiger partial charge is 0.394 e. The van der Waals surface area contributed by atoms with Gasteiger partial charge in [0.25, 0.3) is 0 Å². The van der Waals surface area contributed by atoms with Gasteiger partial charge in [-0.3, -0.25) is 0 Å². The highest BCUT2D eigenvalue weighted by Crippen LogP contribution is 2.19. The van der Waals surface area contributed by atoms with Crippen LogP contribution in [0, 0.1) is 0 Å². The average Bonchev–Trinajstić information content (AvgIpc) is 2.46. The molecule has 1 atom stereocenters. The summed E-state index contributed by atoms with van der Waals surface area (Å²) in [5.74, 6) is 1.65. The van der Waals surface area contributed by atoms with Crippen LogP contribution in [0.4, 0.5) is 17.8 Å². The molecule has 0 spiro atoms. The number of nitrogens with one attached hydrogen (secondary N) is 1. The normalized spacial score (nSPS) is 19.4. The van der Waals surface area contributed by atoms with E-state index in [-0.39, 0.29) is 12.6 Å². The van der Waals surface area contributed by atoms with Gasteiger partial charge in [0.05, 0.1) is 25.9 Å². The standard InChI is InChI=1S/C11H20N6O2/c1-12-9-13-10(16(2)3)15-11(14-9)17-4-5-19-7-8(17)6-18/h8,18H,4-7H2,1-3H3,(H,12,13,14,15). The zero-order chi connectivity index (χ0) is 13.8. The lowest BCUT2D eigenvalue weighted by Gasteiger charge is -2.34. The quantitative estimate of drug-likeness (QED) is 0.732. The molecule has 0 aliphatic carbocycles. The fraction of sp³-hybridized carbons (Fsp3) is 0.727. The van der Waals surface area contributed by atoms with Crippen molar-refractivity contribution in [1.29, 1.82) is 0 Å². The van der Waals surface area contributed by atoms with E-state index in [2.05, 4.69) is 20.3 Å². The van der Waals surface area contributed by atoms with Crippen molar-refractivity contribution in [3.05, 3.63) is 0 Å². The van der Waals surface area contributed by atoms with Crippen molar-refractivity contribution in [1.82, 2.24) is 15.0 Å². The highest BCUT2D eigenvalue weighted by atomic mass is 16.5. The Morgan fingerprint density at radius 1 is 1.42 bits per heavy atom. The van der Waals surface area contributed by atoms with Gasteiger partial charge in [-0.25, -0.2) is 0 Å². The smallest absolute Gasteiger partial charge is 0.232 e. The molecule has 0 bridgehead atoms. The monoisotopic (exact) mass is 268 g/mol. The Hall–Kier alpha value is -1.67. The fourth-order valence-electron chi connectivity index (χ4n) is 1.86. The minimum atomic E-state index is -0.115. The topological polar surface area (TPSA) is 86.6 Å². The molecule has 0 radical (unpaired) electrons. The second kappa shape index (κ2) is 5.98. The van der Waals surface area contributed by atoms with Crippen LogP contribution in [-0.4, -0.2) is 73.6 Å². The van der Waals surface area contributed by atoms with Crippen molar-refractivity contribution in [3.63, 3.8) is 0 Å². The zero-order valence-electron chi connectivity index (χ0n) is 11.5. The second-order valence-electron chi connectivity index (χ2n) is 4.51. The summed E-state index contributed by atoms with van der Waals surface area (Å²) in [5.41, 5.74) is 0. The van der Waals surface area contributed by atoms with E-state index in [1.807, 2.05) is 23.9 Å². The second-order valence-corrected chi connectivity index (χ2v) is 4.51. The predicted octanol–water partition coefficient (Wildman–Crippen LogP) is -0.823. The maximum Gasteiger partial charge on any atom is 0.232 e. The van der Waals surface area contributed by atoms with Gasteiger partial charge in [0.2, 0.25) is 17.8 Å². The number of anilines is 3. The molecule has 19 heavy (non-hydrogen) atoms.